The third-order valence-electron chi connectivity index (χ3n) is 4.31. The van der Waals surface area contributed by atoms with Gasteiger partial charge in [-0.25, -0.2) is 13.4 Å². The molecule has 0 saturated heterocycles. The molecule has 0 fully saturated rings. The Morgan fingerprint density at radius 3 is 2.54 bits per heavy atom. The van der Waals surface area contributed by atoms with Crippen LogP contribution in [0.1, 0.15) is 25.0 Å². The Morgan fingerprint density at radius 1 is 1.17 bits per heavy atom. The fourth-order valence-corrected chi connectivity index (χ4v) is 3.93. The van der Waals surface area contributed by atoms with Crippen molar-refractivity contribution in [2.75, 3.05) is 16.7 Å². The summed E-state index contributed by atoms with van der Waals surface area (Å²) < 4.78 is 27.8. The van der Waals surface area contributed by atoms with Crippen molar-refractivity contribution in [2.24, 2.45) is 0 Å². The molecule has 1 aliphatic heterocycles. The zero-order valence-electron chi connectivity index (χ0n) is 14.0. The number of amides is 1. The molecule has 0 atom stereocenters. The molecule has 1 aromatic carbocycles. The number of nitrogens with one attached hydrogen (secondary N) is 1. The second-order valence-electron chi connectivity index (χ2n) is 6.49. The molecule has 0 bridgehead atoms. The van der Waals surface area contributed by atoms with E-state index >= 15 is 0 Å². The number of pyridine rings is 1. The highest BCUT2D eigenvalue weighted by Gasteiger charge is 2.42. The van der Waals surface area contributed by atoms with E-state index in [0.717, 1.165) is 11.3 Å². The van der Waals surface area contributed by atoms with Crippen molar-refractivity contribution >= 4 is 27.4 Å². The highest BCUT2D eigenvalue weighted by Crippen LogP contribution is 2.41. The van der Waals surface area contributed by atoms with E-state index in [1.165, 1.54) is 6.07 Å². The number of likely N-dealkylation sites (N-methyl/N-ethyl adjacent to an activating group) is 1. The molecule has 0 spiro atoms. The largest absolute Gasteiger partial charge is 0.314 e. The van der Waals surface area contributed by atoms with Crippen LogP contribution in [-0.4, -0.2) is 26.4 Å². The van der Waals surface area contributed by atoms with Crippen molar-refractivity contribution < 1.29 is 13.2 Å². The Balaban J connectivity index is 2.02. The summed E-state index contributed by atoms with van der Waals surface area (Å²) in [4.78, 5) is 18.0. The number of rotatable bonds is 3. The zero-order valence-corrected chi connectivity index (χ0v) is 14.8. The first-order valence-corrected chi connectivity index (χ1v) is 8.99. The Morgan fingerprint density at radius 2 is 1.88 bits per heavy atom. The average molecular weight is 345 g/mol. The monoisotopic (exact) mass is 345 g/mol. The number of anilines is 2. The summed E-state index contributed by atoms with van der Waals surface area (Å²) in [5, 5.41) is 0. The SMILES string of the molecule is Cc1ccnc(NS(=O)(=O)c2ccc3c(c2)C(C)(C)C(=O)N3C)c1. The van der Waals surface area contributed by atoms with Crippen molar-refractivity contribution in [2.45, 2.75) is 31.1 Å². The number of sulfonamides is 1. The molecule has 1 aliphatic rings. The Labute approximate surface area is 141 Å². The van der Waals surface area contributed by atoms with E-state index in [2.05, 4.69) is 9.71 Å². The minimum absolute atomic E-state index is 0.0552. The summed E-state index contributed by atoms with van der Waals surface area (Å²) in [7, 11) is -2.09. The molecule has 24 heavy (non-hydrogen) atoms. The molecule has 126 valence electrons. The summed E-state index contributed by atoms with van der Waals surface area (Å²) >= 11 is 0. The van der Waals surface area contributed by atoms with Gasteiger partial charge in [0.1, 0.15) is 5.82 Å². The predicted octanol–water partition coefficient (Wildman–Crippen LogP) is 2.44. The lowest BCUT2D eigenvalue weighted by Gasteiger charge is -2.17. The van der Waals surface area contributed by atoms with Gasteiger partial charge in [0.25, 0.3) is 10.0 Å². The van der Waals surface area contributed by atoms with Crippen LogP contribution in [0.3, 0.4) is 0 Å². The molecule has 3 rings (SSSR count). The van der Waals surface area contributed by atoms with E-state index in [-0.39, 0.29) is 16.6 Å². The Bertz CT molecular complexity index is 936. The maximum atomic E-state index is 12.6. The molecule has 1 N–H and O–H groups in total. The molecule has 1 amide bonds. The quantitative estimate of drug-likeness (QED) is 0.927. The van der Waals surface area contributed by atoms with Gasteiger partial charge < -0.3 is 4.90 Å². The van der Waals surface area contributed by atoms with Crippen LogP contribution >= 0.6 is 0 Å². The van der Waals surface area contributed by atoms with Gasteiger partial charge in [0, 0.05) is 18.9 Å². The van der Waals surface area contributed by atoms with Gasteiger partial charge in [-0.1, -0.05) is 0 Å². The van der Waals surface area contributed by atoms with Gasteiger partial charge in [0.05, 0.1) is 10.3 Å². The Kier molecular flexibility index (Phi) is 3.64. The molecule has 2 aromatic rings. The maximum Gasteiger partial charge on any atom is 0.263 e. The fraction of sp³-hybridized carbons (Fsp3) is 0.294. The molecule has 7 heteroatoms. The molecular weight excluding hydrogens is 326 g/mol. The lowest BCUT2D eigenvalue weighted by atomic mass is 9.86. The lowest BCUT2D eigenvalue weighted by Crippen LogP contribution is -2.33. The van der Waals surface area contributed by atoms with Crippen molar-refractivity contribution in [1.29, 1.82) is 0 Å². The van der Waals surface area contributed by atoms with Gasteiger partial charge in [-0.3, -0.25) is 9.52 Å². The molecular formula is C17H19N3O3S. The predicted molar refractivity (Wildman–Crippen MR) is 92.7 cm³/mol. The normalized spacial score (nSPS) is 16.2. The van der Waals surface area contributed by atoms with Crippen molar-refractivity contribution in [3.63, 3.8) is 0 Å². The standard InChI is InChI=1S/C17H19N3O3S/c1-11-7-8-18-15(9-11)19-24(22,23)12-5-6-14-13(10-12)17(2,3)16(21)20(14)4/h5-10H,1-4H3,(H,18,19). The van der Waals surface area contributed by atoms with Gasteiger partial charge in [0.15, 0.2) is 0 Å². The number of benzene rings is 1. The van der Waals surface area contributed by atoms with Crippen LogP contribution in [-0.2, 0) is 20.2 Å². The molecule has 0 aliphatic carbocycles. The van der Waals surface area contributed by atoms with Gasteiger partial charge in [-0.05, 0) is 62.2 Å². The second kappa shape index (κ2) is 5.31. The van der Waals surface area contributed by atoms with Gasteiger partial charge in [-0.2, -0.15) is 0 Å². The van der Waals surface area contributed by atoms with E-state index < -0.39 is 15.4 Å². The molecule has 1 aromatic heterocycles. The van der Waals surface area contributed by atoms with Crippen molar-refractivity contribution in [1.82, 2.24) is 4.98 Å². The third-order valence-corrected chi connectivity index (χ3v) is 5.66. The maximum absolute atomic E-state index is 12.6. The third kappa shape index (κ3) is 2.54. The lowest BCUT2D eigenvalue weighted by molar-refractivity contribution is -0.121. The summed E-state index contributed by atoms with van der Waals surface area (Å²) in [5.74, 6) is 0.211. The number of aryl methyl sites for hydroxylation is 1. The van der Waals surface area contributed by atoms with E-state index in [0.29, 0.717) is 5.56 Å². The molecule has 0 saturated carbocycles. The van der Waals surface area contributed by atoms with Crippen molar-refractivity contribution in [3.05, 3.63) is 47.7 Å². The average Bonchev–Trinajstić information content (AvgIpc) is 2.68. The smallest absolute Gasteiger partial charge is 0.263 e. The number of carbonyl (C=O) groups is 1. The van der Waals surface area contributed by atoms with Crippen LogP contribution < -0.4 is 9.62 Å². The summed E-state index contributed by atoms with van der Waals surface area (Å²) in [6.07, 6.45) is 1.55. The number of nitrogens with zero attached hydrogens (tertiary/aromatic N) is 2. The number of hydrogen-bond acceptors (Lipinski definition) is 4. The molecule has 0 radical (unpaired) electrons. The van der Waals surface area contributed by atoms with Crippen LogP contribution in [0.5, 0.6) is 0 Å². The minimum Gasteiger partial charge on any atom is -0.314 e. The van der Waals surface area contributed by atoms with E-state index in [9.17, 15) is 13.2 Å². The second-order valence-corrected chi connectivity index (χ2v) is 8.17. The topological polar surface area (TPSA) is 79.4 Å². The zero-order chi connectivity index (χ0) is 17.7. The first-order chi connectivity index (χ1) is 11.1. The number of aromatic nitrogens is 1. The van der Waals surface area contributed by atoms with Gasteiger partial charge in [-0.15, -0.1) is 0 Å². The van der Waals surface area contributed by atoms with Crippen LogP contribution in [0.4, 0.5) is 11.5 Å². The Hall–Kier alpha value is -2.41. The molecule has 0 unspecified atom stereocenters. The van der Waals surface area contributed by atoms with Crippen LogP contribution in [0.25, 0.3) is 0 Å². The van der Waals surface area contributed by atoms with Gasteiger partial charge in [0.2, 0.25) is 5.91 Å². The first-order valence-electron chi connectivity index (χ1n) is 7.51. The van der Waals surface area contributed by atoms with E-state index in [1.54, 1.807) is 56.3 Å². The first kappa shape index (κ1) is 16.4. The van der Waals surface area contributed by atoms with Crippen LogP contribution in [0.2, 0.25) is 0 Å². The summed E-state index contributed by atoms with van der Waals surface area (Å²) in [6.45, 7) is 5.45. The minimum atomic E-state index is -3.78. The number of carbonyl (C=O) groups excluding carboxylic acids is 1. The highest BCUT2D eigenvalue weighted by molar-refractivity contribution is 7.92. The van der Waals surface area contributed by atoms with Crippen LogP contribution in [0, 0.1) is 6.92 Å². The van der Waals surface area contributed by atoms with Gasteiger partial charge >= 0.3 is 0 Å². The number of hydrogen-bond donors (Lipinski definition) is 1. The molecule has 6 nitrogen and oxygen atoms in total. The number of fused-ring (bicyclic) bond motifs is 1. The van der Waals surface area contributed by atoms with Crippen LogP contribution in [0.15, 0.2) is 41.4 Å². The fourth-order valence-electron chi connectivity index (χ4n) is 2.91. The van der Waals surface area contributed by atoms with E-state index in [4.69, 9.17) is 0 Å². The summed E-state index contributed by atoms with van der Waals surface area (Å²) in [6, 6.07) is 8.18. The highest BCUT2D eigenvalue weighted by atomic mass is 32.2. The van der Waals surface area contributed by atoms with E-state index in [1.807, 2.05) is 6.92 Å². The summed E-state index contributed by atoms with van der Waals surface area (Å²) in [5.41, 5.74) is 1.59. The molecule has 2 heterocycles. The van der Waals surface area contributed by atoms with Crippen molar-refractivity contribution in [3.8, 4) is 0 Å².